The molecule has 0 fully saturated rings. The highest BCUT2D eigenvalue weighted by Crippen LogP contribution is 2.25. The highest BCUT2D eigenvalue weighted by atomic mass is 79.9. The summed E-state index contributed by atoms with van der Waals surface area (Å²) < 4.78 is 29.1. The Bertz CT molecular complexity index is 366. The van der Waals surface area contributed by atoms with Gasteiger partial charge < -0.3 is 4.74 Å². The van der Waals surface area contributed by atoms with E-state index in [1.165, 1.54) is 13.0 Å². The molecule has 0 N–H and O–H groups in total. The van der Waals surface area contributed by atoms with E-state index in [1.807, 2.05) is 0 Å². The number of ether oxygens (including phenoxy) is 1. The van der Waals surface area contributed by atoms with Gasteiger partial charge in [0.15, 0.2) is 0 Å². The standard InChI is InChI=1S/C10H9BrF2O2/c1-6(14)4-7-5-8(11)2-3-9(7)15-10(12)13/h2-3,5,10H,4H2,1H3. The lowest BCUT2D eigenvalue weighted by Gasteiger charge is -2.09. The number of carbonyl (C=O) groups is 1. The fourth-order valence-corrected chi connectivity index (χ4v) is 1.57. The molecule has 0 aliphatic heterocycles. The van der Waals surface area contributed by atoms with Gasteiger partial charge in [-0.25, -0.2) is 0 Å². The van der Waals surface area contributed by atoms with Crippen molar-refractivity contribution in [1.82, 2.24) is 0 Å². The van der Waals surface area contributed by atoms with E-state index in [-0.39, 0.29) is 18.0 Å². The van der Waals surface area contributed by atoms with E-state index in [4.69, 9.17) is 0 Å². The minimum atomic E-state index is -2.88. The third-order valence-electron chi connectivity index (χ3n) is 1.68. The predicted octanol–water partition coefficient (Wildman–Crippen LogP) is 3.18. The Balaban J connectivity index is 2.97. The summed E-state index contributed by atoms with van der Waals surface area (Å²) in [5.74, 6) is -0.0596. The maximum Gasteiger partial charge on any atom is 0.387 e. The molecule has 0 radical (unpaired) electrons. The smallest absolute Gasteiger partial charge is 0.387 e. The molecule has 0 atom stereocenters. The Labute approximate surface area is 94.4 Å². The summed E-state index contributed by atoms with van der Waals surface area (Å²) in [4.78, 5) is 10.9. The van der Waals surface area contributed by atoms with Crippen LogP contribution in [0.5, 0.6) is 5.75 Å². The second kappa shape index (κ2) is 5.21. The van der Waals surface area contributed by atoms with Crippen LogP contribution in [0, 0.1) is 0 Å². The van der Waals surface area contributed by atoms with Crippen LogP contribution in [0.15, 0.2) is 22.7 Å². The summed E-state index contributed by atoms with van der Waals surface area (Å²) in [6.45, 7) is -1.48. The largest absolute Gasteiger partial charge is 0.435 e. The molecule has 0 aromatic heterocycles. The van der Waals surface area contributed by atoms with Crippen LogP contribution < -0.4 is 4.74 Å². The van der Waals surface area contributed by atoms with Crippen molar-refractivity contribution >= 4 is 21.7 Å². The molecule has 1 rings (SSSR count). The summed E-state index contributed by atoms with van der Waals surface area (Å²) in [5.41, 5.74) is 0.456. The highest BCUT2D eigenvalue weighted by molar-refractivity contribution is 9.10. The first-order valence-corrected chi connectivity index (χ1v) is 5.01. The summed E-state index contributed by atoms with van der Waals surface area (Å²) in [6, 6.07) is 4.59. The van der Waals surface area contributed by atoms with Gasteiger partial charge in [-0.15, -0.1) is 0 Å². The molecular weight excluding hydrogens is 270 g/mol. The number of hydrogen-bond acceptors (Lipinski definition) is 2. The van der Waals surface area contributed by atoms with Gasteiger partial charge in [-0.3, -0.25) is 4.79 Å². The zero-order chi connectivity index (χ0) is 11.4. The van der Waals surface area contributed by atoms with Crippen molar-refractivity contribution < 1.29 is 18.3 Å². The topological polar surface area (TPSA) is 26.3 Å². The van der Waals surface area contributed by atoms with E-state index in [0.717, 1.165) is 4.47 Å². The van der Waals surface area contributed by atoms with E-state index >= 15 is 0 Å². The predicted molar refractivity (Wildman–Crippen MR) is 55.2 cm³/mol. The SMILES string of the molecule is CC(=O)Cc1cc(Br)ccc1OC(F)F. The van der Waals surface area contributed by atoms with Gasteiger partial charge in [-0.05, 0) is 25.1 Å². The van der Waals surface area contributed by atoms with Crippen LogP contribution in [0.3, 0.4) is 0 Å². The molecule has 0 saturated heterocycles. The van der Waals surface area contributed by atoms with Crippen LogP contribution in [0.4, 0.5) is 8.78 Å². The molecule has 15 heavy (non-hydrogen) atoms. The van der Waals surface area contributed by atoms with Gasteiger partial charge in [0.25, 0.3) is 0 Å². The van der Waals surface area contributed by atoms with E-state index in [0.29, 0.717) is 5.56 Å². The van der Waals surface area contributed by atoms with Crippen LogP contribution in [0.2, 0.25) is 0 Å². The molecule has 0 heterocycles. The quantitative estimate of drug-likeness (QED) is 0.846. The molecule has 1 aromatic carbocycles. The molecule has 0 spiro atoms. The molecule has 82 valence electrons. The van der Waals surface area contributed by atoms with Crippen LogP contribution >= 0.6 is 15.9 Å². The Morgan fingerprint density at radius 2 is 2.20 bits per heavy atom. The summed E-state index contributed by atoms with van der Waals surface area (Å²) >= 11 is 3.20. The maximum absolute atomic E-state index is 12.0. The Hall–Kier alpha value is -0.970. The van der Waals surface area contributed by atoms with Gasteiger partial charge in [-0.2, -0.15) is 8.78 Å². The maximum atomic E-state index is 12.0. The zero-order valence-corrected chi connectivity index (χ0v) is 9.55. The second-order valence-corrected chi connectivity index (χ2v) is 3.93. The summed E-state index contributed by atoms with van der Waals surface area (Å²) in [5, 5.41) is 0. The van der Waals surface area contributed by atoms with Crippen molar-refractivity contribution in [2.75, 3.05) is 0 Å². The molecule has 2 nitrogen and oxygen atoms in total. The molecule has 0 aliphatic rings. The molecule has 0 aliphatic carbocycles. The van der Waals surface area contributed by atoms with Gasteiger partial charge in [0.1, 0.15) is 11.5 Å². The lowest BCUT2D eigenvalue weighted by molar-refractivity contribution is -0.116. The van der Waals surface area contributed by atoms with Crippen molar-refractivity contribution in [3.63, 3.8) is 0 Å². The monoisotopic (exact) mass is 278 g/mol. The Morgan fingerprint density at radius 3 is 2.73 bits per heavy atom. The van der Waals surface area contributed by atoms with Crippen molar-refractivity contribution in [2.24, 2.45) is 0 Å². The Morgan fingerprint density at radius 1 is 1.53 bits per heavy atom. The normalized spacial score (nSPS) is 10.5. The van der Waals surface area contributed by atoms with Gasteiger partial charge in [0.2, 0.25) is 0 Å². The van der Waals surface area contributed by atoms with Gasteiger partial charge >= 0.3 is 6.61 Å². The fraction of sp³-hybridized carbons (Fsp3) is 0.300. The number of Topliss-reactive ketones (excluding diaryl/α,β-unsaturated/α-hetero) is 1. The summed E-state index contributed by atoms with van der Waals surface area (Å²) in [6.07, 6.45) is 0.0848. The van der Waals surface area contributed by atoms with Crippen molar-refractivity contribution in [1.29, 1.82) is 0 Å². The first-order chi connectivity index (χ1) is 6.99. The third-order valence-corrected chi connectivity index (χ3v) is 2.17. The molecule has 0 amide bonds. The number of rotatable bonds is 4. The van der Waals surface area contributed by atoms with Crippen molar-refractivity contribution in [2.45, 2.75) is 20.0 Å². The van der Waals surface area contributed by atoms with Crippen LogP contribution in [-0.2, 0) is 11.2 Å². The third kappa shape index (κ3) is 3.95. The minimum Gasteiger partial charge on any atom is -0.435 e. The van der Waals surface area contributed by atoms with E-state index in [2.05, 4.69) is 20.7 Å². The Kier molecular flexibility index (Phi) is 4.20. The van der Waals surface area contributed by atoms with Crippen molar-refractivity contribution in [3.05, 3.63) is 28.2 Å². The number of alkyl halides is 2. The highest BCUT2D eigenvalue weighted by Gasteiger charge is 2.11. The molecule has 0 saturated carbocycles. The number of carbonyl (C=O) groups excluding carboxylic acids is 1. The number of halogens is 3. The molecular formula is C10H9BrF2O2. The lowest BCUT2D eigenvalue weighted by Crippen LogP contribution is -2.06. The van der Waals surface area contributed by atoms with Crippen LogP contribution in [-0.4, -0.2) is 12.4 Å². The lowest BCUT2D eigenvalue weighted by atomic mass is 10.1. The average molecular weight is 279 g/mol. The average Bonchev–Trinajstić information content (AvgIpc) is 2.08. The zero-order valence-electron chi connectivity index (χ0n) is 7.97. The number of hydrogen-bond donors (Lipinski definition) is 0. The van der Waals surface area contributed by atoms with Crippen molar-refractivity contribution in [3.8, 4) is 5.75 Å². The van der Waals surface area contributed by atoms with Crippen LogP contribution in [0.25, 0.3) is 0 Å². The van der Waals surface area contributed by atoms with Gasteiger partial charge in [0.05, 0.1) is 0 Å². The molecule has 0 bridgehead atoms. The summed E-state index contributed by atoms with van der Waals surface area (Å²) in [7, 11) is 0. The minimum absolute atomic E-state index is 0.0448. The first-order valence-electron chi connectivity index (χ1n) is 4.21. The molecule has 5 heteroatoms. The fourth-order valence-electron chi connectivity index (χ4n) is 1.17. The van der Waals surface area contributed by atoms with Gasteiger partial charge in [0, 0.05) is 16.5 Å². The molecule has 1 aromatic rings. The van der Waals surface area contributed by atoms with E-state index in [1.54, 1.807) is 12.1 Å². The number of benzene rings is 1. The van der Waals surface area contributed by atoms with Crippen LogP contribution in [0.1, 0.15) is 12.5 Å². The second-order valence-electron chi connectivity index (χ2n) is 3.01. The first kappa shape index (κ1) is 12.1. The van der Waals surface area contributed by atoms with E-state index in [9.17, 15) is 13.6 Å². The number of ketones is 1. The van der Waals surface area contributed by atoms with Gasteiger partial charge in [-0.1, -0.05) is 15.9 Å². The van der Waals surface area contributed by atoms with E-state index < -0.39 is 6.61 Å². The molecule has 0 unspecified atom stereocenters.